The lowest BCUT2D eigenvalue weighted by Crippen LogP contribution is -1.97. The second-order valence-corrected chi connectivity index (χ2v) is 8.63. The summed E-state index contributed by atoms with van der Waals surface area (Å²) in [6, 6.07) is 13.7. The van der Waals surface area contributed by atoms with Crippen LogP contribution in [0.1, 0.15) is 101 Å². The third kappa shape index (κ3) is 9.54. The molecule has 0 aliphatic heterocycles. The smallest absolute Gasteiger partial charge is 0.166 e. The molecule has 0 aliphatic rings. The molecule has 0 aromatic heterocycles. The van der Waals surface area contributed by atoms with Crippen molar-refractivity contribution in [2.45, 2.75) is 90.9 Å². The van der Waals surface area contributed by atoms with E-state index in [1.807, 2.05) is 12.1 Å². The van der Waals surface area contributed by atoms with Crippen LogP contribution in [0.25, 0.3) is 11.7 Å². The molecule has 0 fully saturated rings. The molecular formula is C29H40F2O. The van der Waals surface area contributed by atoms with Crippen molar-refractivity contribution in [3.05, 3.63) is 65.2 Å². The van der Waals surface area contributed by atoms with Gasteiger partial charge in [0.1, 0.15) is 5.75 Å². The van der Waals surface area contributed by atoms with Crippen LogP contribution in [0.4, 0.5) is 8.78 Å². The minimum absolute atomic E-state index is 0.231. The first-order valence-corrected chi connectivity index (χ1v) is 12.5. The molecule has 32 heavy (non-hydrogen) atoms. The first-order chi connectivity index (χ1) is 15.7. The van der Waals surface area contributed by atoms with Gasteiger partial charge in [-0.15, -0.1) is 0 Å². The Bertz CT molecular complexity index is 778. The zero-order valence-corrected chi connectivity index (χ0v) is 20.0. The highest BCUT2D eigenvalue weighted by Gasteiger charge is 2.12. The number of aryl methyl sites for hydroxylation is 1. The minimum atomic E-state index is -0.834. The number of benzene rings is 2. The van der Waals surface area contributed by atoms with Crippen LogP contribution in [0.5, 0.6) is 5.75 Å². The van der Waals surface area contributed by atoms with Crippen molar-refractivity contribution in [3.8, 4) is 5.75 Å². The van der Waals surface area contributed by atoms with Crippen LogP contribution < -0.4 is 4.74 Å². The van der Waals surface area contributed by atoms with Crippen LogP contribution in [0.3, 0.4) is 0 Å². The molecule has 2 aromatic carbocycles. The molecule has 0 unspecified atom stereocenters. The van der Waals surface area contributed by atoms with Crippen molar-refractivity contribution < 1.29 is 13.5 Å². The number of hydrogen-bond acceptors (Lipinski definition) is 1. The van der Waals surface area contributed by atoms with Gasteiger partial charge in [0.25, 0.3) is 0 Å². The Balaban J connectivity index is 1.83. The van der Waals surface area contributed by atoms with E-state index in [1.54, 1.807) is 36.4 Å². The number of ether oxygens (including phenoxy) is 1. The molecule has 0 amide bonds. The summed E-state index contributed by atoms with van der Waals surface area (Å²) >= 11 is 0. The first kappa shape index (κ1) is 26.1. The van der Waals surface area contributed by atoms with Gasteiger partial charge in [-0.1, -0.05) is 95.9 Å². The van der Waals surface area contributed by atoms with Crippen LogP contribution in [-0.4, -0.2) is 6.61 Å². The Morgan fingerprint density at radius 3 is 1.62 bits per heavy atom. The lowest BCUT2D eigenvalue weighted by molar-refractivity contribution is 0.304. The summed E-state index contributed by atoms with van der Waals surface area (Å²) in [6.07, 6.45) is 14.4. The van der Waals surface area contributed by atoms with Crippen molar-refractivity contribution >= 4 is 11.7 Å². The quantitative estimate of drug-likeness (QED) is 0.186. The van der Waals surface area contributed by atoms with E-state index >= 15 is 0 Å². The fourth-order valence-corrected chi connectivity index (χ4v) is 3.77. The monoisotopic (exact) mass is 442 g/mol. The summed E-state index contributed by atoms with van der Waals surface area (Å²) in [7, 11) is 0. The van der Waals surface area contributed by atoms with Gasteiger partial charge in [-0.2, -0.15) is 0 Å². The van der Waals surface area contributed by atoms with Crippen molar-refractivity contribution in [1.82, 2.24) is 0 Å². The number of hydrogen-bond donors (Lipinski definition) is 0. The molecule has 0 bridgehead atoms. The highest BCUT2D eigenvalue weighted by atomic mass is 19.2. The molecule has 2 rings (SSSR count). The van der Waals surface area contributed by atoms with Gasteiger partial charge in [-0.05, 0) is 49.1 Å². The largest absolute Gasteiger partial charge is 0.494 e. The molecule has 0 atom stereocenters. The summed E-state index contributed by atoms with van der Waals surface area (Å²) in [5.41, 5.74) is 1.68. The maximum absolute atomic E-state index is 14.7. The maximum atomic E-state index is 14.7. The summed E-state index contributed by atoms with van der Waals surface area (Å²) in [5, 5.41) is 0. The SMILES string of the molecule is CCCCCCCCOc1ccc(C(F)=C(F)c2ccc(CCCCCCC)cc2)cc1. The molecule has 3 heteroatoms. The van der Waals surface area contributed by atoms with Gasteiger partial charge in [0, 0.05) is 11.1 Å². The standard InChI is InChI=1S/C29H40F2O/c1-3-5-7-9-11-13-23-32-27-21-19-26(20-22-27)29(31)28(30)25-17-15-24(16-18-25)14-12-10-8-6-4-2/h15-22H,3-14,23H2,1-2H3. The molecule has 0 N–H and O–H groups in total. The van der Waals surface area contributed by atoms with Crippen molar-refractivity contribution in [2.24, 2.45) is 0 Å². The van der Waals surface area contributed by atoms with Crippen LogP contribution in [0.2, 0.25) is 0 Å². The van der Waals surface area contributed by atoms with E-state index in [4.69, 9.17) is 4.74 Å². The normalized spacial score (nSPS) is 12.0. The topological polar surface area (TPSA) is 9.23 Å². The van der Waals surface area contributed by atoms with Crippen LogP contribution >= 0.6 is 0 Å². The predicted molar refractivity (Wildman–Crippen MR) is 133 cm³/mol. The summed E-state index contributed by atoms with van der Waals surface area (Å²) in [4.78, 5) is 0. The van der Waals surface area contributed by atoms with E-state index < -0.39 is 11.7 Å². The lowest BCUT2D eigenvalue weighted by atomic mass is 10.0. The molecule has 176 valence electrons. The van der Waals surface area contributed by atoms with E-state index in [1.165, 1.54) is 56.9 Å². The van der Waals surface area contributed by atoms with Crippen LogP contribution in [-0.2, 0) is 6.42 Å². The van der Waals surface area contributed by atoms with Crippen LogP contribution in [0.15, 0.2) is 48.5 Å². The summed E-state index contributed by atoms with van der Waals surface area (Å²) < 4.78 is 35.1. The van der Waals surface area contributed by atoms with Gasteiger partial charge in [-0.3, -0.25) is 0 Å². The molecule has 0 heterocycles. The Kier molecular flexibility index (Phi) is 12.7. The van der Waals surface area contributed by atoms with E-state index in [9.17, 15) is 8.78 Å². The Labute approximate surface area is 193 Å². The zero-order valence-electron chi connectivity index (χ0n) is 20.0. The second kappa shape index (κ2) is 15.6. The molecule has 1 nitrogen and oxygen atoms in total. The lowest BCUT2D eigenvalue weighted by Gasteiger charge is -2.08. The molecule has 0 radical (unpaired) electrons. The first-order valence-electron chi connectivity index (χ1n) is 12.5. The third-order valence-electron chi connectivity index (χ3n) is 5.84. The fraction of sp³-hybridized carbons (Fsp3) is 0.517. The van der Waals surface area contributed by atoms with Gasteiger partial charge in [-0.25, -0.2) is 8.78 Å². The van der Waals surface area contributed by atoms with Crippen molar-refractivity contribution in [2.75, 3.05) is 6.61 Å². The molecular weight excluding hydrogens is 402 g/mol. The van der Waals surface area contributed by atoms with Gasteiger partial charge in [0.05, 0.1) is 6.61 Å². The number of unbranched alkanes of at least 4 members (excludes halogenated alkanes) is 9. The highest BCUT2D eigenvalue weighted by Crippen LogP contribution is 2.30. The fourth-order valence-electron chi connectivity index (χ4n) is 3.77. The van der Waals surface area contributed by atoms with Gasteiger partial charge < -0.3 is 4.74 Å². The molecule has 0 spiro atoms. The Morgan fingerprint density at radius 1 is 0.594 bits per heavy atom. The van der Waals surface area contributed by atoms with E-state index in [0.29, 0.717) is 12.4 Å². The van der Waals surface area contributed by atoms with Crippen molar-refractivity contribution in [1.29, 1.82) is 0 Å². The minimum Gasteiger partial charge on any atom is -0.494 e. The zero-order chi connectivity index (χ0) is 23.0. The number of halogens is 2. The summed E-state index contributed by atoms with van der Waals surface area (Å²) in [6.45, 7) is 5.08. The van der Waals surface area contributed by atoms with E-state index in [2.05, 4.69) is 13.8 Å². The molecule has 2 aromatic rings. The Hall–Kier alpha value is -2.16. The maximum Gasteiger partial charge on any atom is 0.166 e. The molecule has 0 saturated heterocycles. The van der Waals surface area contributed by atoms with Gasteiger partial charge in [0.2, 0.25) is 0 Å². The van der Waals surface area contributed by atoms with E-state index in [0.717, 1.165) is 25.7 Å². The molecule has 0 aliphatic carbocycles. The average molecular weight is 443 g/mol. The third-order valence-corrected chi connectivity index (χ3v) is 5.84. The number of rotatable bonds is 16. The van der Waals surface area contributed by atoms with E-state index in [-0.39, 0.29) is 11.1 Å². The van der Waals surface area contributed by atoms with Gasteiger partial charge in [0.15, 0.2) is 11.7 Å². The summed E-state index contributed by atoms with van der Waals surface area (Å²) in [5.74, 6) is -0.959. The highest BCUT2D eigenvalue weighted by molar-refractivity contribution is 5.83. The second-order valence-electron chi connectivity index (χ2n) is 8.63. The molecule has 0 saturated carbocycles. The van der Waals surface area contributed by atoms with Crippen molar-refractivity contribution in [3.63, 3.8) is 0 Å². The van der Waals surface area contributed by atoms with Crippen LogP contribution in [0, 0.1) is 0 Å². The van der Waals surface area contributed by atoms with Gasteiger partial charge >= 0.3 is 0 Å². The predicted octanol–water partition coefficient (Wildman–Crippen LogP) is 9.70. The average Bonchev–Trinajstić information content (AvgIpc) is 2.83. The Morgan fingerprint density at radius 2 is 1.06 bits per heavy atom.